The van der Waals surface area contributed by atoms with E-state index in [0.717, 1.165) is 0 Å². The number of hydrogen-bond acceptors (Lipinski definition) is 6. The third-order valence-electron chi connectivity index (χ3n) is 8.63. The van der Waals surface area contributed by atoms with Gasteiger partial charge in [-0.25, -0.2) is 4.90 Å². The Morgan fingerprint density at radius 3 is 2.51 bits per heavy atom. The summed E-state index contributed by atoms with van der Waals surface area (Å²) in [6.07, 6.45) is -0.715. The number of ether oxygens (including phenoxy) is 1. The Morgan fingerprint density at radius 1 is 1.17 bits per heavy atom. The molecule has 3 heterocycles. The van der Waals surface area contributed by atoms with Gasteiger partial charge in [0.15, 0.2) is 8.32 Å². The molecule has 2 aromatic carbocycles. The van der Waals surface area contributed by atoms with Crippen molar-refractivity contribution in [1.29, 1.82) is 5.26 Å². The number of rotatable bonds is 5. The van der Waals surface area contributed by atoms with Gasteiger partial charge in [-0.1, -0.05) is 45.0 Å². The van der Waals surface area contributed by atoms with E-state index in [1.807, 2.05) is 24.3 Å². The Labute approximate surface area is 206 Å². The van der Waals surface area contributed by atoms with Crippen LogP contribution in [0.2, 0.25) is 18.1 Å². The van der Waals surface area contributed by atoms with Crippen molar-refractivity contribution in [2.75, 3.05) is 11.5 Å². The predicted molar refractivity (Wildman–Crippen MR) is 134 cm³/mol. The van der Waals surface area contributed by atoms with Crippen molar-refractivity contribution in [2.24, 2.45) is 11.8 Å². The van der Waals surface area contributed by atoms with Crippen LogP contribution < -0.4 is 4.90 Å². The van der Waals surface area contributed by atoms with Crippen LogP contribution in [-0.2, 0) is 18.8 Å². The van der Waals surface area contributed by atoms with Crippen LogP contribution in [-0.4, -0.2) is 49.7 Å². The molecule has 2 unspecified atom stereocenters. The molecule has 2 bridgehead atoms. The highest BCUT2D eigenvalue weighted by Gasteiger charge is 2.72. The van der Waals surface area contributed by atoms with Crippen molar-refractivity contribution in [3.8, 4) is 6.07 Å². The van der Waals surface area contributed by atoms with Crippen molar-refractivity contribution in [2.45, 2.75) is 69.6 Å². The second-order valence-electron chi connectivity index (χ2n) is 11.6. The molecule has 7 nitrogen and oxygen atoms in total. The molecule has 5 rings (SSSR count). The van der Waals surface area contributed by atoms with Gasteiger partial charge in [-0.15, -0.1) is 0 Å². The van der Waals surface area contributed by atoms with Crippen LogP contribution in [0.4, 0.5) is 5.69 Å². The molecular formula is C27H32N2O5Si. The number of benzene rings is 2. The van der Waals surface area contributed by atoms with E-state index in [9.17, 15) is 20.0 Å². The van der Waals surface area contributed by atoms with E-state index < -0.39 is 38.0 Å². The van der Waals surface area contributed by atoms with Gasteiger partial charge in [0.25, 0.3) is 0 Å². The molecule has 0 aliphatic carbocycles. The lowest BCUT2D eigenvalue weighted by atomic mass is 9.70. The van der Waals surface area contributed by atoms with Crippen LogP contribution in [0.5, 0.6) is 0 Å². The number of nitriles is 1. The number of carbonyl (C=O) groups is 2. The van der Waals surface area contributed by atoms with Gasteiger partial charge in [0.05, 0.1) is 47.0 Å². The monoisotopic (exact) mass is 492 g/mol. The fraction of sp³-hybridized carbons (Fsp3) is 0.519. The normalized spacial score (nSPS) is 30.3. The Bertz CT molecular complexity index is 1260. The topological polar surface area (TPSA) is 99.9 Å². The van der Waals surface area contributed by atoms with Crippen LogP contribution >= 0.6 is 0 Å². The van der Waals surface area contributed by atoms with E-state index in [1.165, 1.54) is 4.90 Å². The molecule has 0 aromatic heterocycles. The van der Waals surface area contributed by atoms with Gasteiger partial charge in [-0.05, 0) is 36.7 Å². The average molecular weight is 493 g/mol. The number of aliphatic hydroxyl groups excluding tert-OH is 1. The molecule has 3 aliphatic heterocycles. The summed E-state index contributed by atoms with van der Waals surface area (Å²) in [5.74, 6) is -2.00. The lowest BCUT2D eigenvalue weighted by Crippen LogP contribution is -2.47. The van der Waals surface area contributed by atoms with Gasteiger partial charge in [0.1, 0.15) is 0 Å². The summed E-state index contributed by atoms with van der Waals surface area (Å²) < 4.78 is 12.6. The summed E-state index contributed by atoms with van der Waals surface area (Å²) in [4.78, 5) is 28.8. The summed E-state index contributed by atoms with van der Waals surface area (Å²) in [5.41, 5.74) is 0.0494. The summed E-state index contributed by atoms with van der Waals surface area (Å²) in [7, 11) is -2.00. The maximum atomic E-state index is 13.9. The molecule has 184 valence electrons. The molecule has 5 atom stereocenters. The summed E-state index contributed by atoms with van der Waals surface area (Å²) in [6, 6.07) is 12.8. The second-order valence-corrected chi connectivity index (χ2v) is 16.4. The van der Waals surface area contributed by atoms with Gasteiger partial charge in [-0.3, -0.25) is 9.59 Å². The quantitative estimate of drug-likeness (QED) is 0.498. The lowest BCUT2D eigenvalue weighted by molar-refractivity contribution is -0.128. The van der Waals surface area contributed by atoms with Crippen molar-refractivity contribution in [3.05, 3.63) is 42.0 Å². The van der Waals surface area contributed by atoms with E-state index in [4.69, 9.17) is 9.16 Å². The number of fused-ring (bicyclic) bond motifs is 6. The van der Waals surface area contributed by atoms with Crippen molar-refractivity contribution in [1.82, 2.24) is 0 Å². The smallest absolute Gasteiger partial charge is 0.240 e. The van der Waals surface area contributed by atoms with Gasteiger partial charge < -0.3 is 14.3 Å². The van der Waals surface area contributed by atoms with E-state index >= 15 is 0 Å². The summed E-state index contributed by atoms with van der Waals surface area (Å²) in [5, 5.41) is 21.7. The molecule has 8 heteroatoms. The highest BCUT2D eigenvalue weighted by molar-refractivity contribution is 6.74. The third-order valence-corrected chi connectivity index (χ3v) is 13.2. The zero-order valence-corrected chi connectivity index (χ0v) is 21.9. The minimum atomic E-state index is -2.00. The first-order valence-electron chi connectivity index (χ1n) is 12.2. The first-order chi connectivity index (χ1) is 16.4. The van der Waals surface area contributed by atoms with Crippen LogP contribution in [0.1, 0.15) is 39.2 Å². The number of imide groups is 1. The van der Waals surface area contributed by atoms with E-state index in [-0.39, 0.29) is 16.9 Å². The zero-order valence-electron chi connectivity index (χ0n) is 20.9. The van der Waals surface area contributed by atoms with Crippen molar-refractivity contribution >= 4 is 36.6 Å². The second kappa shape index (κ2) is 7.97. The molecule has 2 amide bonds. The predicted octanol–water partition coefficient (Wildman–Crippen LogP) is 4.13. The first-order valence-corrected chi connectivity index (χ1v) is 15.1. The van der Waals surface area contributed by atoms with Gasteiger partial charge in [0, 0.05) is 23.8 Å². The first kappa shape index (κ1) is 24.1. The van der Waals surface area contributed by atoms with E-state index in [2.05, 4.69) is 39.9 Å². The number of aliphatic hydroxyl groups is 1. The number of amides is 2. The number of anilines is 1. The van der Waals surface area contributed by atoms with Crippen molar-refractivity contribution < 1.29 is 23.9 Å². The molecule has 35 heavy (non-hydrogen) atoms. The van der Waals surface area contributed by atoms with Crippen LogP contribution in [0.25, 0.3) is 10.8 Å². The third kappa shape index (κ3) is 3.48. The molecule has 1 N–H and O–H groups in total. The largest absolute Gasteiger partial charge is 0.417 e. The lowest BCUT2D eigenvalue weighted by Gasteiger charge is -2.38. The average Bonchev–Trinajstić information content (AvgIpc) is 3.39. The maximum Gasteiger partial charge on any atom is 0.240 e. The van der Waals surface area contributed by atoms with E-state index in [1.54, 1.807) is 12.1 Å². The molecule has 3 saturated heterocycles. The van der Waals surface area contributed by atoms with Gasteiger partial charge in [0.2, 0.25) is 11.8 Å². The number of hydrogen-bond donors (Lipinski definition) is 1. The highest BCUT2D eigenvalue weighted by Crippen LogP contribution is 2.57. The molecular weight excluding hydrogens is 460 g/mol. The van der Waals surface area contributed by atoms with Crippen LogP contribution in [0.15, 0.2) is 36.4 Å². The Balaban J connectivity index is 1.48. The Morgan fingerprint density at radius 2 is 1.86 bits per heavy atom. The fourth-order valence-electron chi connectivity index (χ4n) is 5.78. The Kier molecular flexibility index (Phi) is 5.49. The number of nitrogens with zero attached hydrogens (tertiary/aromatic N) is 2. The number of carbonyl (C=O) groups excluding carboxylic acids is 2. The molecule has 2 aromatic rings. The standard InChI is InChI=1S/C27H32N2O5Si/c1-26(2,3)35(4,5)33-13-12-27-14-20(30)23(34-27)21-22(27)25(32)29(24(21)31)19-11-10-16(15-28)17-8-6-7-9-18(17)19/h6-11,20-23,30H,12-14H2,1-5H3/t20-,21+,22+,23?,27?/m0/s1. The van der Waals surface area contributed by atoms with Crippen LogP contribution in [0.3, 0.4) is 0 Å². The molecule has 0 spiro atoms. The fourth-order valence-corrected chi connectivity index (χ4v) is 6.83. The van der Waals surface area contributed by atoms with Gasteiger partial charge >= 0.3 is 0 Å². The van der Waals surface area contributed by atoms with Gasteiger partial charge in [-0.2, -0.15) is 5.26 Å². The maximum absolute atomic E-state index is 13.9. The summed E-state index contributed by atoms with van der Waals surface area (Å²) in [6.45, 7) is 11.3. The summed E-state index contributed by atoms with van der Waals surface area (Å²) >= 11 is 0. The molecule has 0 saturated carbocycles. The SMILES string of the molecule is CC(C)(C)[Si](C)(C)OCCC12C[C@H](O)C(O1)[C@@H]1C(=O)N(c3ccc(C#N)c4ccccc34)C(=O)[C@@H]12. The minimum Gasteiger partial charge on any atom is -0.417 e. The molecule has 3 fully saturated rings. The Hall–Kier alpha value is -2.57. The van der Waals surface area contributed by atoms with Crippen LogP contribution in [0, 0.1) is 23.2 Å². The minimum absolute atomic E-state index is 0.0497. The molecule has 3 aliphatic rings. The van der Waals surface area contributed by atoms with E-state index in [0.29, 0.717) is 41.5 Å². The van der Waals surface area contributed by atoms with Crippen molar-refractivity contribution in [3.63, 3.8) is 0 Å². The highest BCUT2D eigenvalue weighted by atomic mass is 28.4. The molecule has 0 radical (unpaired) electrons. The zero-order chi connectivity index (χ0) is 25.3.